The Morgan fingerprint density at radius 1 is 1.46 bits per heavy atom. The van der Waals surface area contributed by atoms with E-state index in [1.807, 2.05) is 6.08 Å². The number of hydrogen-bond acceptors (Lipinski definition) is 1. The topological polar surface area (TPSA) is 37.3 Å². The Labute approximate surface area is 80.7 Å². The minimum absolute atomic E-state index is 0.151. The number of allylic oxidation sites excluding steroid dienone is 1. The van der Waals surface area contributed by atoms with Crippen LogP contribution in [-0.4, -0.2) is 11.1 Å². The Bertz CT molecular complexity index is 161. The molecule has 2 heteroatoms. The summed E-state index contributed by atoms with van der Waals surface area (Å²) in [4.78, 5) is 10.2. The summed E-state index contributed by atoms with van der Waals surface area (Å²) >= 11 is 0. The average molecular weight is 184 g/mol. The van der Waals surface area contributed by atoms with E-state index in [9.17, 15) is 4.79 Å². The fourth-order valence-electron chi connectivity index (χ4n) is 1.21. The molecule has 0 radical (unpaired) electrons. The van der Waals surface area contributed by atoms with Gasteiger partial charge in [-0.25, -0.2) is 0 Å². The predicted octanol–water partition coefficient (Wildman–Crippen LogP) is 3.23. The van der Waals surface area contributed by atoms with Crippen LogP contribution in [0.5, 0.6) is 0 Å². The van der Waals surface area contributed by atoms with Gasteiger partial charge >= 0.3 is 5.97 Å². The van der Waals surface area contributed by atoms with Crippen LogP contribution < -0.4 is 0 Å². The van der Waals surface area contributed by atoms with Crippen LogP contribution >= 0.6 is 0 Å². The smallest absolute Gasteiger partial charge is 0.307 e. The van der Waals surface area contributed by atoms with E-state index in [0.29, 0.717) is 5.92 Å². The number of carboxylic acids is 1. The van der Waals surface area contributed by atoms with E-state index in [1.54, 1.807) is 6.08 Å². The first-order chi connectivity index (χ1) is 6.16. The molecule has 0 heterocycles. The fraction of sp³-hybridized carbons (Fsp3) is 0.727. The summed E-state index contributed by atoms with van der Waals surface area (Å²) in [6.45, 7) is 4.32. The van der Waals surface area contributed by atoms with Crippen LogP contribution in [0.15, 0.2) is 12.2 Å². The molecule has 2 nitrogen and oxygen atoms in total. The van der Waals surface area contributed by atoms with Gasteiger partial charge in [-0.2, -0.15) is 0 Å². The summed E-state index contributed by atoms with van der Waals surface area (Å²) in [7, 11) is 0. The first-order valence-corrected chi connectivity index (χ1v) is 5.05. The van der Waals surface area contributed by atoms with Crippen molar-refractivity contribution in [1.82, 2.24) is 0 Å². The van der Waals surface area contributed by atoms with E-state index < -0.39 is 5.97 Å². The lowest BCUT2D eigenvalue weighted by Gasteiger charge is -2.03. The molecule has 0 unspecified atom stereocenters. The van der Waals surface area contributed by atoms with Crippen molar-refractivity contribution in [2.75, 3.05) is 0 Å². The van der Waals surface area contributed by atoms with Crippen molar-refractivity contribution in [1.29, 1.82) is 0 Å². The maximum absolute atomic E-state index is 10.2. The van der Waals surface area contributed by atoms with E-state index >= 15 is 0 Å². The molecular weight excluding hydrogens is 164 g/mol. The van der Waals surface area contributed by atoms with Crippen LogP contribution in [-0.2, 0) is 4.79 Å². The van der Waals surface area contributed by atoms with E-state index in [-0.39, 0.29) is 6.42 Å². The lowest BCUT2D eigenvalue weighted by atomic mass is 10.0. The van der Waals surface area contributed by atoms with Crippen molar-refractivity contribution in [2.45, 2.75) is 46.0 Å². The van der Waals surface area contributed by atoms with Crippen LogP contribution in [0.3, 0.4) is 0 Å². The summed E-state index contributed by atoms with van der Waals surface area (Å²) in [5.74, 6) is -0.233. The van der Waals surface area contributed by atoms with Gasteiger partial charge in [-0.05, 0) is 12.3 Å². The van der Waals surface area contributed by atoms with Gasteiger partial charge in [0.1, 0.15) is 0 Å². The van der Waals surface area contributed by atoms with Crippen LogP contribution in [0, 0.1) is 5.92 Å². The SMILES string of the molecule is CCCCC[C@H](C)/C=C/CC(=O)O. The molecule has 0 bridgehead atoms. The zero-order chi connectivity index (χ0) is 10.1. The highest BCUT2D eigenvalue weighted by molar-refractivity contribution is 5.68. The van der Waals surface area contributed by atoms with Gasteiger partial charge in [0.15, 0.2) is 0 Å². The molecule has 0 rings (SSSR count). The van der Waals surface area contributed by atoms with Gasteiger partial charge in [-0.15, -0.1) is 0 Å². The van der Waals surface area contributed by atoms with Gasteiger partial charge in [0, 0.05) is 0 Å². The summed E-state index contributed by atoms with van der Waals surface area (Å²) in [5.41, 5.74) is 0. The molecule has 13 heavy (non-hydrogen) atoms. The van der Waals surface area contributed by atoms with Crippen molar-refractivity contribution >= 4 is 5.97 Å². The van der Waals surface area contributed by atoms with Gasteiger partial charge in [-0.1, -0.05) is 45.3 Å². The van der Waals surface area contributed by atoms with E-state index in [4.69, 9.17) is 5.11 Å². The molecule has 0 spiro atoms. The van der Waals surface area contributed by atoms with Gasteiger partial charge in [-0.3, -0.25) is 4.79 Å². The van der Waals surface area contributed by atoms with Crippen molar-refractivity contribution < 1.29 is 9.90 Å². The van der Waals surface area contributed by atoms with Gasteiger partial charge < -0.3 is 5.11 Å². The fourth-order valence-corrected chi connectivity index (χ4v) is 1.21. The van der Waals surface area contributed by atoms with Crippen molar-refractivity contribution in [3.63, 3.8) is 0 Å². The second kappa shape index (κ2) is 7.84. The van der Waals surface area contributed by atoms with Crippen LogP contribution in [0.25, 0.3) is 0 Å². The van der Waals surface area contributed by atoms with Crippen molar-refractivity contribution in [3.05, 3.63) is 12.2 Å². The van der Waals surface area contributed by atoms with Crippen molar-refractivity contribution in [3.8, 4) is 0 Å². The first-order valence-electron chi connectivity index (χ1n) is 5.05. The molecule has 0 saturated heterocycles. The Balaban J connectivity index is 3.43. The molecule has 0 aliphatic heterocycles. The molecule has 0 amide bonds. The van der Waals surface area contributed by atoms with E-state index in [0.717, 1.165) is 0 Å². The quantitative estimate of drug-likeness (QED) is 0.487. The molecule has 76 valence electrons. The molecular formula is C11H20O2. The second-order valence-corrected chi connectivity index (χ2v) is 3.50. The Kier molecular flexibility index (Phi) is 7.36. The molecule has 0 aromatic heterocycles. The maximum atomic E-state index is 10.2. The Hall–Kier alpha value is -0.790. The summed E-state index contributed by atoms with van der Waals surface area (Å²) in [6, 6.07) is 0. The molecule has 1 N–H and O–H groups in total. The minimum Gasteiger partial charge on any atom is -0.481 e. The number of unbranched alkanes of at least 4 members (excludes halogenated alkanes) is 2. The zero-order valence-corrected chi connectivity index (χ0v) is 8.62. The third kappa shape index (κ3) is 9.12. The van der Waals surface area contributed by atoms with Crippen LogP contribution in [0.1, 0.15) is 46.0 Å². The molecule has 0 aromatic carbocycles. The number of carboxylic acid groups (broad SMARTS) is 1. The first kappa shape index (κ1) is 12.2. The average Bonchev–Trinajstić information content (AvgIpc) is 2.04. The Morgan fingerprint density at radius 2 is 2.15 bits per heavy atom. The number of carbonyl (C=O) groups is 1. The predicted molar refractivity (Wildman–Crippen MR) is 54.7 cm³/mol. The molecule has 1 atom stereocenters. The van der Waals surface area contributed by atoms with Gasteiger partial charge in [0.2, 0.25) is 0 Å². The molecule has 0 saturated carbocycles. The number of aliphatic carboxylic acids is 1. The van der Waals surface area contributed by atoms with Gasteiger partial charge in [0.05, 0.1) is 6.42 Å². The van der Waals surface area contributed by atoms with E-state index in [1.165, 1.54) is 25.7 Å². The third-order valence-corrected chi connectivity index (χ3v) is 2.02. The maximum Gasteiger partial charge on any atom is 0.307 e. The third-order valence-electron chi connectivity index (χ3n) is 2.02. The number of hydrogen-bond donors (Lipinski definition) is 1. The van der Waals surface area contributed by atoms with E-state index in [2.05, 4.69) is 13.8 Å². The summed E-state index contributed by atoms with van der Waals surface area (Å²) in [6.07, 6.45) is 8.84. The minimum atomic E-state index is -0.753. The largest absolute Gasteiger partial charge is 0.481 e. The lowest BCUT2D eigenvalue weighted by Crippen LogP contribution is -1.93. The summed E-state index contributed by atoms with van der Waals surface area (Å²) < 4.78 is 0. The molecule has 0 aromatic rings. The highest BCUT2D eigenvalue weighted by atomic mass is 16.4. The monoisotopic (exact) mass is 184 g/mol. The highest BCUT2D eigenvalue weighted by Crippen LogP contribution is 2.10. The zero-order valence-electron chi connectivity index (χ0n) is 8.62. The van der Waals surface area contributed by atoms with Crippen molar-refractivity contribution in [2.24, 2.45) is 5.92 Å². The van der Waals surface area contributed by atoms with Gasteiger partial charge in [0.25, 0.3) is 0 Å². The molecule has 0 fully saturated rings. The molecule has 0 aliphatic carbocycles. The second-order valence-electron chi connectivity index (χ2n) is 3.50. The standard InChI is InChI=1S/C11H20O2/c1-3-4-5-7-10(2)8-6-9-11(12)13/h6,8,10H,3-5,7,9H2,1-2H3,(H,12,13)/b8-6+/t10-/m0/s1. The lowest BCUT2D eigenvalue weighted by molar-refractivity contribution is -0.136. The summed E-state index contributed by atoms with van der Waals surface area (Å²) in [5, 5.41) is 8.39. The van der Waals surface area contributed by atoms with Crippen LogP contribution in [0.4, 0.5) is 0 Å². The number of rotatable bonds is 7. The van der Waals surface area contributed by atoms with Crippen LogP contribution in [0.2, 0.25) is 0 Å². The normalized spacial score (nSPS) is 13.4. The molecule has 0 aliphatic rings. The highest BCUT2D eigenvalue weighted by Gasteiger charge is 1.96. The Morgan fingerprint density at radius 3 is 2.69 bits per heavy atom.